The van der Waals surface area contributed by atoms with Crippen LogP contribution in [0.5, 0.6) is 0 Å². The Labute approximate surface area is 82.1 Å². The van der Waals surface area contributed by atoms with Crippen molar-refractivity contribution >= 4 is 11.9 Å². The molecule has 0 rings (SSSR count). The summed E-state index contributed by atoms with van der Waals surface area (Å²) >= 11 is 0. The molecule has 0 aliphatic heterocycles. The highest BCUT2D eigenvalue weighted by Gasteiger charge is 2.17. The summed E-state index contributed by atoms with van der Waals surface area (Å²) in [6, 6.07) is -0.638. The topological polar surface area (TPSA) is 113 Å². The first-order valence-corrected chi connectivity index (χ1v) is 4.43. The number of aliphatic carboxylic acids is 1. The average Bonchev–Trinajstić information content (AvgIpc) is 2.13. The lowest BCUT2D eigenvalue weighted by Crippen LogP contribution is -2.44. The highest BCUT2D eigenvalue weighted by atomic mass is 16.4. The molecule has 1 amide bonds. The van der Waals surface area contributed by atoms with Crippen molar-refractivity contribution in [2.24, 2.45) is 5.73 Å². The Bertz CT molecular complexity index is 208. The van der Waals surface area contributed by atoms with Crippen molar-refractivity contribution in [1.82, 2.24) is 5.32 Å². The third-order valence-electron chi connectivity index (χ3n) is 1.69. The highest BCUT2D eigenvalue weighted by Crippen LogP contribution is 1.92. The summed E-state index contributed by atoms with van der Waals surface area (Å²) < 4.78 is 0. The quantitative estimate of drug-likeness (QED) is 0.428. The van der Waals surface area contributed by atoms with E-state index in [4.69, 9.17) is 15.9 Å². The predicted molar refractivity (Wildman–Crippen MR) is 49.5 cm³/mol. The van der Waals surface area contributed by atoms with Crippen molar-refractivity contribution in [2.75, 3.05) is 6.54 Å². The van der Waals surface area contributed by atoms with Crippen LogP contribution in [0, 0.1) is 0 Å². The fourth-order valence-electron chi connectivity index (χ4n) is 0.858. The standard InChI is InChI=1S/C8H16N2O4/c1-2-3-5(9)7(12)10-4-6(11)8(13)14/h5-6,11H,2-4,9H2,1H3,(H,10,12)(H,13,14)/t5?,6-/m0/s1. The summed E-state index contributed by atoms with van der Waals surface area (Å²) in [4.78, 5) is 21.3. The summed E-state index contributed by atoms with van der Waals surface area (Å²) in [5.74, 6) is -1.80. The molecule has 5 N–H and O–H groups in total. The smallest absolute Gasteiger partial charge is 0.334 e. The second-order valence-electron chi connectivity index (χ2n) is 2.99. The number of carboxylic acid groups (broad SMARTS) is 1. The lowest BCUT2D eigenvalue weighted by Gasteiger charge is -2.12. The number of amides is 1. The summed E-state index contributed by atoms with van der Waals surface area (Å²) in [5, 5.41) is 19.4. The van der Waals surface area contributed by atoms with E-state index in [0.717, 1.165) is 6.42 Å². The number of nitrogens with two attached hydrogens (primary N) is 1. The van der Waals surface area contributed by atoms with Crippen LogP contribution in [0.25, 0.3) is 0 Å². The molecular weight excluding hydrogens is 188 g/mol. The molecule has 0 saturated heterocycles. The van der Waals surface area contributed by atoms with E-state index in [1.807, 2.05) is 6.92 Å². The van der Waals surface area contributed by atoms with Crippen LogP contribution < -0.4 is 11.1 Å². The molecule has 0 aromatic carbocycles. The number of hydrogen-bond acceptors (Lipinski definition) is 4. The van der Waals surface area contributed by atoms with Crippen molar-refractivity contribution in [1.29, 1.82) is 0 Å². The van der Waals surface area contributed by atoms with Gasteiger partial charge in [-0.05, 0) is 6.42 Å². The first-order chi connectivity index (χ1) is 6.49. The maximum Gasteiger partial charge on any atom is 0.334 e. The normalized spacial score (nSPS) is 14.5. The lowest BCUT2D eigenvalue weighted by molar-refractivity contribution is -0.146. The van der Waals surface area contributed by atoms with Crippen LogP contribution in [0.1, 0.15) is 19.8 Å². The minimum Gasteiger partial charge on any atom is -0.479 e. The van der Waals surface area contributed by atoms with Crippen LogP contribution in [0.3, 0.4) is 0 Å². The number of carbonyl (C=O) groups is 2. The van der Waals surface area contributed by atoms with Gasteiger partial charge in [-0.1, -0.05) is 13.3 Å². The second kappa shape index (κ2) is 6.33. The molecule has 0 aliphatic rings. The van der Waals surface area contributed by atoms with Gasteiger partial charge in [0.15, 0.2) is 6.10 Å². The maximum atomic E-state index is 11.1. The SMILES string of the molecule is CCCC(N)C(=O)NC[C@H](O)C(=O)O. The molecule has 14 heavy (non-hydrogen) atoms. The van der Waals surface area contributed by atoms with Crippen LogP contribution in [0.15, 0.2) is 0 Å². The zero-order valence-corrected chi connectivity index (χ0v) is 8.06. The van der Waals surface area contributed by atoms with Crippen molar-refractivity contribution in [3.8, 4) is 0 Å². The number of nitrogens with one attached hydrogen (secondary N) is 1. The van der Waals surface area contributed by atoms with Gasteiger partial charge in [0.05, 0.1) is 12.6 Å². The van der Waals surface area contributed by atoms with Crippen LogP contribution in [-0.2, 0) is 9.59 Å². The van der Waals surface area contributed by atoms with Gasteiger partial charge in [0, 0.05) is 0 Å². The fraction of sp³-hybridized carbons (Fsp3) is 0.750. The van der Waals surface area contributed by atoms with Gasteiger partial charge in [-0.25, -0.2) is 4.79 Å². The Hall–Kier alpha value is -1.14. The van der Waals surface area contributed by atoms with E-state index in [1.54, 1.807) is 0 Å². The molecule has 82 valence electrons. The van der Waals surface area contributed by atoms with E-state index in [2.05, 4.69) is 5.32 Å². The minimum atomic E-state index is -1.58. The Morgan fingerprint density at radius 1 is 1.50 bits per heavy atom. The Morgan fingerprint density at radius 2 is 2.07 bits per heavy atom. The maximum absolute atomic E-state index is 11.1. The van der Waals surface area contributed by atoms with Crippen LogP contribution in [-0.4, -0.2) is 40.8 Å². The number of aliphatic hydroxyl groups is 1. The Kier molecular flexibility index (Phi) is 5.82. The van der Waals surface area contributed by atoms with Gasteiger partial charge in [0.1, 0.15) is 0 Å². The van der Waals surface area contributed by atoms with E-state index in [-0.39, 0.29) is 6.54 Å². The highest BCUT2D eigenvalue weighted by molar-refractivity contribution is 5.82. The largest absolute Gasteiger partial charge is 0.479 e. The van der Waals surface area contributed by atoms with Gasteiger partial charge in [-0.2, -0.15) is 0 Å². The molecule has 0 aliphatic carbocycles. The molecule has 0 spiro atoms. The summed E-state index contributed by atoms with van der Waals surface area (Å²) in [6.07, 6.45) is -0.266. The average molecular weight is 204 g/mol. The molecule has 2 atom stereocenters. The fourth-order valence-corrected chi connectivity index (χ4v) is 0.858. The number of rotatable bonds is 6. The van der Waals surface area contributed by atoms with Gasteiger partial charge >= 0.3 is 5.97 Å². The summed E-state index contributed by atoms with van der Waals surface area (Å²) in [5.41, 5.74) is 5.45. The van der Waals surface area contributed by atoms with Crippen LogP contribution in [0.4, 0.5) is 0 Å². The van der Waals surface area contributed by atoms with Gasteiger partial charge in [0.25, 0.3) is 0 Å². The van der Waals surface area contributed by atoms with E-state index >= 15 is 0 Å². The van der Waals surface area contributed by atoms with E-state index in [0.29, 0.717) is 6.42 Å². The van der Waals surface area contributed by atoms with Crippen molar-refractivity contribution in [3.05, 3.63) is 0 Å². The zero-order valence-electron chi connectivity index (χ0n) is 8.06. The van der Waals surface area contributed by atoms with Gasteiger partial charge in [0.2, 0.25) is 5.91 Å². The zero-order chi connectivity index (χ0) is 11.1. The van der Waals surface area contributed by atoms with Gasteiger partial charge in [-0.3, -0.25) is 4.79 Å². The number of hydrogen-bond donors (Lipinski definition) is 4. The van der Waals surface area contributed by atoms with Gasteiger partial charge < -0.3 is 21.3 Å². The van der Waals surface area contributed by atoms with E-state index in [1.165, 1.54) is 0 Å². The third kappa shape index (κ3) is 4.78. The molecule has 6 nitrogen and oxygen atoms in total. The Morgan fingerprint density at radius 3 is 2.50 bits per heavy atom. The van der Waals surface area contributed by atoms with Crippen molar-refractivity contribution in [3.63, 3.8) is 0 Å². The minimum absolute atomic E-state index is 0.314. The number of carbonyl (C=O) groups excluding carboxylic acids is 1. The molecule has 0 heterocycles. The van der Waals surface area contributed by atoms with Crippen LogP contribution in [0.2, 0.25) is 0 Å². The molecule has 6 heteroatoms. The second-order valence-corrected chi connectivity index (χ2v) is 2.99. The number of aliphatic hydroxyl groups excluding tert-OH is 1. The third-order valence-corrected chi connectivity index (χ3v) is 1.69. The van der Waals surface area contributed by atoms with E-state index < -0.39 is 24.0 Å². The molecule has 0 bridgehead atoms. The Balaban J connectivity index is 3.78. The van der Waals surface area contributed by atoms with Gasteiger partial charge in [-0.15, -0.1) is 0 Å². The first kappa shape index (κ1) is 12.9. The molecule has 0 aromatic heterocycles. The molecular formula is C8H16N2O4. The summed E-state index contributed by atoms with van der Waals surface area (Å²) in [6.45, 7) is 1.57. The molecule has 0 saturated carbocycles. The first-order valence-electron chi connectivity index (χ1n) is 4.43. The molecule has 0 aromatic rings. The molecule has 0 fully saturated rings. The molecule has 1 unspecified atom stereocenters. The van der Waals surface area contributed by atoms with Crippen LogP contribution >= 0.6 is 0 Å². The molecule has 0 radical (unpaired) electrons. The predicted octanol–water partition coefficient (Wildman–Crippen LogP) is -1.32. The van der Waals surface area contributed by atoms with E-state index in [9.17, 15) is 9.59 Å². The lowest BCUT2D eigenvalue weighted by atomic mass is 10.1. The summed E-state index contributed by atoms with van der Waals surface area (Å²) in [7, 11) is 0. The van der Waals surface area contributed by atoms with Crippen molar-refractivity contribution in [2.45, 2.75) is 31.9 Å². The van der Waals surface area contributed by atoms with Crippen molar-refractivity contribution < 1.29 is 19.8 Å². The monoisotopic (exact) mass is 204 g/mol. The number of carboxylic acids is 1.